The van der Waals surface area contributed by atoms with Gasteiger partial charge in [0.2, 0.25) is 0 Å². The molecule has 0 fully saturated rings. The quantitative estimate of drug-likeness (QED) is 0.190. The molecule has 0 bridgehead atoms. The number of nitrogens with zero attached hydrogens (tertiary/aromatic N) is 3. The fraction of sp³-hybridized carbons (Fsp3) is 0. The lowest BCUT2D eigenvalue weighted by molar-refractivity contribution is 1.08. The number of thiophene rings is 2. The zero-order chi connectivity index (χ0) is 30.6. The fourth-order valence-corrected chi connectivity index (χ4v) is 9.63. The summed E-state index contributed by atoms with van der Waals surface area (Å²) in [7, 11) is 0. The lowest BCUT2D eigenvalue weighted by Crippen LogP contribution is -2.03. The highest BCUT2D eigenvalue weighted by molar-refractivity contribution is 7.26. The first kappa shape index (κ1) is 25.6. The summed E-state index contributed by atoms with van der Waals surface area (Å²) in [5, 5.41) is 10.1. The minimum atomic E-state index is 0.847. The van der Waals surface area contributed by atoms with Crippen molar-refractivity contribution in [2.75, 3.05) is 0 Å². The van der Waals surface area contributed by atoms with Crippen molar-refractivity contribution in [3.8, 4) is 17.1 Å². The molecule has 4 aromatic heterocycles. The normalized spacial score (nSPS) is 12.3. The predicted molar refractivity (Wildman–Crippen MR) is 203 cm³/mol. The third-order valence-corrected chi connectivity index (χ3v) is 11.8. The van der Waals surface area contributed by atoms with Crippen molar-refractivity contribution in [2.45, 2.75) is 0 Å². The molecule has 0 N–H and O–H groups in total. The van der Waals surface area contributed by atoms with E-state index in [2.05, 4.69) is 132 Å². The molecule has 11 aromatic rings. The molecular formula is C42H23N3S2. The molecule has 0 saturated heterocycles. The largest absolute Gasteiger partial charge is 0.292 e. The van der Waals surface area contributed by atoms with Crippen molar-refractivity contribution in [3.63, 3.8) is 0 Å². The van der Waals surface area contributed by atoms with Crippen molar-refractivity contribution in [1.29, 1.82) is 0 Å². The van der Waals surface area contributed by atoms with E-state index < -0.39 is 0 Å². The Balaban J connectivity index is 1.29. The number of fused-ring (bicyclic) bond motifs is 11. The van der Waals surface area contributed by atoms with Crippen LogP contribution in [0.4, 0.5) is 0 Å². The van der Waals surface area contributed by atoms with Crippen molar-refractivity contribution >= 4 is 107 Å². The summed E-state index contributed by atoms with van der Waals surface area (Å²) >= 11 is 3.69. The van der Waals surface area contributed by atoms with Crippen LogP contribution < -0.4 is 0 Å². The van der Waals surface area contributed by atoms with E-state index in [1.807, 2.05) is 34.8 Å². The molecule has 0 aliphatic rings. The topological polar surface area (TPSA) is 30.7 Å². The van der Waals surface area contributed by atoms with Gasteiger partial charge in [-0.05, 0) is 65.4 Å². The van der Waals surface area contributed by atoms with Crippen molar-refractivity contribution in [3.05, 3.63) is 140 Å². The van der Waals surface area contributed by atoms with Gasteiger partial charge in [-0.3, -0.25) is 4.57 Å². The molecule has 0 aliphatic heterocycles. The summed E-state index contributed by atoms with van der Waals surface area (Å²) in [5.74, 6) is 0.847. The van der Waals surface area contributed by atoms with Gasteiger partial charge in [0.1, 0.15) is 5.69 Å². The number of para-hydroxylation sites is 2. The Bertz CT molecular complexity index is 3090. The molecule has 47 heavy (non-hydrogen) atoms. The molecule has 4 heterocycles. The maximum Gasteiger partial charge on any atom is 0.165 e. The Morgan fingerprint density at radius 1 is 0.404 bits per heavy atom. The predicted octanol–water partition coefficient (Wildman–Crippen LogP) is 12.3. The van der Waals surface area contributed by atoms with Crippen molar-refractivity contribution in [2.24, 2.45) is 0 Å². The maximum absolute atomic E-state index is 5.43. The lowest BCUT2D eigenvalue weighted by atomic mass is 10.0. The first-order chi connectivity index (χ1) is 23.3. The average molecular weight is 634 g/mol. The van der Waals surface area contributed by atoms with E-state index in [9.17, 15) is 0 Å². The van der Waals surface area contributed by atoms with Gasteiger partial charge in [-0.2, -0.15) is 0 Å². The Morgan fingerprint density at radius 3 is 1.77 bits per heavy atom. The smallest absolute Gasteiger partial charge is 0.165 e. The maximum atomic E-state index is 5.43. The van der Waals surface area contributed by atoms with Crippen LogP contribution >= 0.6 is 22.7 Å². The summed E-state index contributed by atoms with van der Waals surface area (Å²) in [6.07, 6.45) is 0. The molecule has 3 nitrogen and oxygen atoms in total. The van der Waals surface area contributed by atoms with Gasteiger partial charge < -0.3 is 0 Å². The molecule has 0 atom stereocenters. The molecule has 7 aromatic carbocycles. The highest BCUT2D eigenvalue weighted by Crippen LogP contribution is 2.43. The first-order valence-corrected chi connectivity index (χ1v) is 17.4. The van der Waals surface area contributed by atoms with E-state index in [4.69, 9.17) is 9.97 Å². The van der Waals surface area contributed by atoms with Crippen LogP contribution in [-0.2, 0) is 0 Å². The molecule has 5 heteroatoms. The number of aromatic nitrogens is 3. The number of hydrogen-bond acceptors (Lipinski definition) is 4. The van der Waals surface area contributed by atoms with Gasteiger partial charge in [-0.25, -0.2) is 9.97 Å². The monoisotopic (exact) mass is 633 g/mol. The minimum absolute atomic E-state index is 0.847. The third kappa shape index (κ3) is 3.67. The summed E-state index contributed by atoms with van der Waals surface area (Å²) in [4.78, 5) is 10.8. The molecule has 11 rings (SSSR count). The summed E-state index contributed by atoms with van der Waals surface area (Å²) in [6, 6.07) is 50.5. The standard InChI is InChI=1S/C42H23N3S2/c1-2-10-25-20-35-30(19-24(25)9-1)31-22-32-28-12-4-8-16-38(28)47-40(32)23-36(31)45(35)42-41(43-33-13-5-6-14-34(33)44-42)26-17-18-29-27-11-3-7-15-37(27)46-39(29)21-26/h1-23H. The SMILES string of the molecule is c1ccc2cc3c(cc2c1)c1cc2c(cc1n3-c1nc3ccccc3nc1-c1ccc3c(c1)sc1ccccc13)sc1ccccc12. The molecule has 0 amide bonds. The van der Waals surface area contributed by atoms with Crippen LogP contribution in [0.25, 0.3) is 101 Å². The van der Waals surface area contributed by atoms with Crippen molar-refractivity contribution in [1.82, 2.24) is 14.5 Å². The zero-order valence-corrected chi connectivity index (χ0v) is 26.6. The second-order valence-electron chi connectivity index (χ2n) is 12.2. The highest BCUT2D eigenvalue weighted by atomic mass is 32.1. The summed E-state index contributed by atoms with van der Waals surface area (Å²) in [6.45, 7) is 0. The van der Waals surface area contributed by atoms with E-state index in [0.717, 1.165) is 39.1 Å². The summed E-state index contributed by atoms with van der Waals surface area (Å²) < 4.78 is 7.50. The van der Waals surface area contributed by atoms with Crippen LogP contribution in [0, 0.1) is 0 Å². The molecule has 218 valence electrons. The Morgan fingerprint density at radius 2 is 0.979 bits per heavy atom. The van der Waals surface area contributed by atoms with E-state index in [0.29, 0.717) is 0 Å². The second-order valence-corrected chi connectivity index (χ2v) is 14.4. The van der Waals surface area contributed by atoms with E-state index >= 15 is 0 Å². The number of benzene rings is 7. The third-order valence-electron chi connectivity index (χ3n) is 9.55. The Hall–Kier alpha value is -5.62. The number of rotatable bonds is 2. The highest BCUT2D eigenvalue weighted by Gasteiger charge is 2.22. The average Bonchev–Trinajstić information content (AvgIpc) is 3.77. The molecule has 0 saturated carbocycles. The molecule has 0 unspecified atom stereocenters. The van der Waals surface area contributed by atoms with Gasteiger partial charge >= 0.3 is 0 Å². The van der Waals surface area contributed by atoms with Crippen LogP contribution in [0.2, 0.25) is 0 Å². The molecule has 0 spiro atoms. The van der Waals surface area contributed by atoms with Crippen LogP contribution in [0.5, 0.6) is 0 Å². The lowest BCUT2D eigenvalue weighted by Gasteiger charge is -2.14. The van der Waals surface area contributed by atoms with Gasteiger partial charge in [-0.15, -0.1) is 22.7 Å². The van der Waals surface area contributed by atoms with Crippen LogP contribution in [0.3, 0.4) is 0 Å². The van der Waals surface area contributed by atoms with E-state index in [-0.39, 0.29) is 0 Å². The number of hydrogen-bond donors (Lipinski definition) is 0. The van der Waals surface area contributed by atoms with E-state index in [1.165, 1.54) is 61.9 Å². The van der Waals surface area contributed by atoms with Gasteiger partial charge in [0.05, 0.1) is 22.1 Å². The van der Waals surface area contributed by atoms with Gasteiger partial charge in [0, 0.05) is 56.7 Å². The Labute approximate surface area is 276 Å². The molecule has 0 radical (unpaired) electrons. The zero-order valence-electron chi connectivity index (χ0n) is 24.9. The van der Waals surface area contributed by atoms with Crippen LogP contribution in [-0.4, -0.2) is 14.5 Å². The molecular weight excluding hydrogens is 611 g/mol. The van der Waals surface area contributed by atoms with Crippen molar-refractivity contribution < 1.29 is 0 Å². The Kier molecular flexibility index (Phi) is 5.14. The fourth-order valence-electron chi connectivity index (χ4n) is 7.36. The molecule has 0 aliphatic carbocycles. The van der Waals surface area contributed by atoms with Gasteiger partial charge in [0.15, 0.2) is 5.82 Å². The van der Waals surface area contributed by atoms with Gasteiger partial charge in [-0.1, -0.05) is 84.9 Å². The van der Waals surface area contributed by atoms with Gasteiger partial charge in [0.25, 0.3) is 0 Å². The summed E-state index contributed by atoms with van der Waals surface area (Å²) in [5.41, 5.74) is 5.99. The minimum Gasteiger partial charge on any atom is -0.292 e. The van der Waals surface area contributed by atoms with Crippen LogP contribution in [0.1, 0.15) is 0 Å². The van der Waals surface area contributed by atoms with Crippen LogP contribution in [0.15, 0.2) is 140 Å². The van der Waals surface area contributed by atoms with E-state index in [1.54, 1.807) is 0 Å². The second kappa shape index (κ2) is 9.46. The first-order valence-electron chi connectivity index (χ1n) is 15.7.